The summed E-state index contributed by atoms with van der Waals surface area (Å²) in [6, 6.07) is 0. The maximum atomic E-state index is 11.7. The summed E-state index contributed by atoms with van der Waals surface area (Å²) in [5.41, 5.74) is 2.15. The van der Waals surface area contributed by atoms with E-state index in [1.807, 2.05) is 13.0 Å². The molecule has 4 nitrogen and oxygen atoms in total. The molecule has 0 atom stereocenters. The predicted octanol–water partition coefficient (Wildman–Crippen LogP) is 4.24. The maximum absolute atomic E-state index is 11.7. The van der Waals surface area contributed by atoms with Gasteiger partial charge in [-0.1, -0.05) is 31.1 Å². The standard InChI is InChI=1S/C20H26O4/c1-15-9-10-17(12-11-16-7-5-4-6-8-16)13-18(15)24-19(14-22-2)20(21)23-3/h13-14,16H,4-10H2,1-3H3/b19-14-. The monoisotopic (exact) mass is 330 g/mol. The number of carbonyl (C=O) groups excluding carboxylic acids is 1. The second kappa shape index (κ2) is 9.22. The van der Waals surface area contributed by atoms with E-state index < -0.39 is 5.97 Å². The van der Waals surface area contributed by atoms with Crippen molar-refractivity contribution in [2.45, 2.75) is 51.9 Å². The average Bonchev–Trinajstić information content (AvgIpc) is 2.62. The smallest absolute Gasteiger partial charge is 0.377 e. The second-order valence-corrected chi connectivity index (χ2v) is 6.23. The molecule has 4 heteroatoms. The molecule has 0 aromatic rings. The van der Waals surface area contributed by atoms with Gasteiger partial charge in [0.2, 0.25) is 5.76 Å². The first-order valence-electron chi connectivity index (χ1n) is 8.55. The second-order valence-electron chi connectivity index (χ2n) is 6.23. The van der Waals surface area contributed by atoms with E-state index in [1.165, 1.54) is 52.6 Å². The molecule has 0 spiro atoms. The van der Waals surface area contributed by atoms with Crippen molar-refractivity contribution in [3.05, 3.63) is 35.0 Å². The fourth-order valence-corrected chi connectivity index (χ4v) is 2.90. The molecule has 0 N–H and O–H groups in total. The number of methoxy groups -OCH3 is 2. The van der Waals surface area contributed by atoms with Gasteiger partial charge in [0.25, 0.3) is 0 Å². The largest absolute Gasteiger partial charge is 0.500 e. The minimum Gasteiger partial charge on any atom is -0.500 e. The fraction of sp³-hybridized carbons (Fsp3) is 0.550. The minimum absolute atomic E-state index is 0.0343. The third-order valence-electron chi connectivity index (χ3n) is 4.37. The summed E-state index contributed by atoms with van der Waals surface area (Å²) < 4.78 is 15.3. The van der Waals surface area contributed by atoms with Crippen molar-refractivity contribution < 1.29 is 19.0 Å². The molecule has 0 amide bonds. The molecule has 0 aromatic carbocycles. The van der Waals surface area contributed by atoms with Crippen LogP contribution in [0.15, 0.2) is 35.0 Å². The van der Waals surface area contributed by atoms with Gasteiger partial charge in [0.1, 0.15) is 12.0 Å². The van der Waals surface area contributed by atoms with Crippen molar-refractivity contribution in [3.63, 3.8) is 0 Å². The molecule has 2 aliphatic rings. The topological polar surface area (TPSA) is 44.8 Å². The molecule has 0 unspecified atom stereocenters. The highest BCUT2D eigenvalue weighted by Crippen LogP contribution is 2.27. The number of esters is 1. The third-order valence-corrected chi connectivity index (χ3v) is 4.37. The van der Waals surface area contributed by atoms with Crippen LogP contribution in [-0.2, 0) is 19.0 Å². The predicted molar refractivity (Wildman–Crippen MR) is 92.6 cm³/mol. The van der Waals surface area contributed by atoms with Gasteiger partial charge in [0.05, 0.1) is 14.2 Å². The van der Waals surface area contributed by atoms with Crippen LogP contribution < -0.4 is 0 Å². The van der Waals surface area contributed by atoms with Crippen LogP contribution in [-0.4, -0.2) is 20.2 Å². The number of carbonyl (C=O) groups is 1. The Kier molecular flexibility index (Phi) is 6.99. The maximum Gasteiger partial charge on any atom is 0.377 e. The van der Waals surface area contributed by atoms with Crippen molar-refractivity contribution in [3.8, 4) is 11.8 Å². The summed E-state index contributed by atoms with van der Waals surface area (Å²) in [5.74, 6) is 7.38. The Hall–Kier alpha value is -2.15. The SMILES string of the molecule is CO/C=C(\OC1=C(C)CCC(C#CC2CCCCC2)=C1)C(=O)OC. The molecule has 0 heterocycles. The molecule has 130 valence electrons. The first kappa shape index (κ1) is 18.2. The van der Waals surface area contributed by atoms with E-state index in [9.17, 15) is 4.79 Å². The van der Waals surface area contributed by atoms with Crippen LogP contribution in [0.4, 0.5) is 0 Å². The quantitative estimate of drug-likeness (QED) is 0.335. The normalized spacial score (nSPS) is 19.1. The number of ether oxygens (including phenoxy) is 3. The van der Waals surface area contributed by atoms with Gasteiger partial charge < -0.3 is 14.2 Å². The van der Waals surface area contributed by atoms with Crippen LogP contribution >= 0.6 is 0 Å². The van der Waals surface area contributed by atoms with Gasteiger partial charge in [-0.05, 0) is 44.3 Å². The van der Waals surface area contributed by atoms with Crippen molar-refractivity contribution in [2.24, 2.45) is 5.92 Å². The molecule has 0 aliphatic heterocycles. The van der Waals surface area contributed by atoms with Crippen LogP contribution in [0.3, 0.4) is 0 Å². The molecular formula is C20H26O4. The molecule has 0 radical (unpaired) electrons. The van der Waals surface area contributed by atoms with E-state index in [0.29, 0.717) is 11.7 Å². The zero-order valence-corrected chi connectivity index (χ0v) is 14.8. The molecule has 2 rings (SSSR count). The summed E-state index contributed by atoms with van der Waals surface area (Å²) in [7, 11) is 2.78. The number of rotatable bonds is 4. The number of allylic oxidation sites excluding steroid dienone is 3. The number of hydrogen-bond donors (Lipinski definition) is 0. The molecule has 1 fully saturated rings. The molecular weight excluding hydrogens is 304 g/mol. The highest BCUT2D eigenvalue weighted by atomic mass is 16.6. The molecule has 0 saturated heterocycles. The van der Waals surface area contributed by atoms with Crippen LogP contribution in [0.2, 0.25) is 0 Å². The first-order chi connectivity index (χ1) is 11.6. The van der Waals surface area contributed by atoms with Gasteiger partial charge in [0, 0.05) is 11.5 Å². The van der Waals surface area contributed by atoms with E-state index in [1.54, 1.807) is 0 Å². The van der Waals surface area contributed by atoms with Crippen molar-refractivity contribution in [1.82, 2.24) is 0 Å². The summed E-state index contributed by atoms with van der Waals surface area (Å²) >= 11 is 0. The lowest BCUT2D eigenvalue weighted by molar-refractivity contribution is -0.139. The van der Waals surface area contributed by atoms with Crippen LogP contribution in [0, 0.1) is 17.8 Å². The van der Waals surface area contributed by atoms with Gasteiger partial charge in [-0.3, -0.25) is 0 Å². The van der Waals surface area contributed by atoms with Gasteiger partial charge in [-0.15, -0.1) is 0 Å². The first-order valence-corrected chi connectivity index (χ1v) is 8.55. The highest BCUT2D eigenvalue weighted by Gasteiger charge is 2.18. The van der Waals surface area contributed by atoms with Gasteiger partial charge in [0.15, 0.2) is 0 Å². The van der Waals surface area contributed by atoms with Crippen molar-refractivity contribution >= 4 is 5.97 Å². The Labute approximate surface area is 144 Å². The van der Waals surface area contributed by atoms with Crippen LogP contribution in [0.1, 0.15) is 51.9 Å². The highest BCUT2D eigenvalue weighted by molar-refractivity contribution is 5.86. The lowest BCUT2D eigenvalue weighted by atomic mass is 9.89. The van der Waals surface area contributed by atoms with E-state index in [2.05, 4.69) is 11.8 Å². The molecule has 2 aliphatic carbocycles. The van der Waals surface area contributed by atoms with Gasteiger partial charge in [-0.25, -0.2) is 4.79 Å². The Bertz CT molecular complexity index is 607. The van der Waals surface area contributed by atoms with Crippen molar-refractivity contribution in [2.75, 3.05) is 14.2 Å². The molecule has 0 bridgehead atoms. The Morgan fingerprint density at radius 1 is 1.21 bits per heavy atom. The molecule has 0 aromatic heterocycles. The summed E-state index contributed by atoms with van der Waals surface area (Å²) in [6.45, 7) is 2.00. The zero-order chi connectivity index (χ0) is 17.4. The van der Waals surface area contributed by atoms with Crippen LogP contribution in [0.5, 0.6) is 0 Å². The summed E-state index contributed by atoms with van der Waals surface area (Å²) in [5, 5.41) is 0. The lowest BCUT2D eigenvalue weighted by Crippen LogP contribution is -2.10. The van der Waals surface area contributed by atoms with Crippen molar-refractivity contribution in [1.29, 1.82) is 0 Å². The third kappa shape index (κ3) is 5.19. The van der Waals surface area contributed by atoms with E-state index in [0.717, 1.165) is 24.0 Å². The number of hydrogen-bond acceptors (Lipinski definition) is 4. The van der Waals surface area contributed by atoms with E-state index >= 15 is 0 Å². The Morgan fingerprint density at radius 2 is 1.96 bits per heavy atom. The lowest BCUT2D eigenvalue weighted by Gasteiger charge is -2.18. The summed E-state index contributed by atoms with van der Waals surface area (Å²) in [4.78, 5) is 11.7. The van der Waals surface area contributed by atoms with E-state index in [4.69, 9.17) is 14.2 Å². The van der Waals surface area contributed by atoms with E-state index in [-0.39, 0.29) is 5.76 Å². The summed E-state index contributed by atoms with van der Waals surface area (Å²) in [6.07, 6.45) is 11.3. The average molecular weight is 330 g/mol. The zero-order valence-electron chi connectivity index (χ0n) is 14.8. The van der Waals surface area contributed by atoms with Gasteiger partial charge in [-0.2, -0.15) is 0 Å². The fourth-order valence-electron chi connectivity index (χ4n) is 2.90. The van der Waals surface area contributed by atoms with Gasteiger partial charge >= 0.3 is 5.97 Å². The Balaban J connectivity index is 2.11. The minimum atomic E-state index is -0.564. The Morgan fingerprint density at radius 3 is 2.62 bits per heavy atom. The van der Waals surface area contributed by atoms with Crippen LogP contribution in [0.25, 0.3) is 0 Å². The molecule has 24 heavy (non-hydrogen) atoms. The molecule has 1 saturated carbocycles.